The summed E-state index contributed by atoms with van der Waals surface area (Å²) in [4.78, 5) is 10.1. The van der Waals surface area contributed by atoms with Gasteiger partial charge in [0.2, 0.25) is 0 Å². The Balaban J connectivity index is 2.28. The monoisotopic (exact) mass is 325 g/mol. The van der Waals surface area contributed by atoms with Gasteiger partial charge in [0.15, 0.2) is 0 Å². The van der Waals surface area contributed by atoms with Gasteiger partial charge >= 0.3 is 0 Å². The lowest BCUT2D eigenvalue weighted by molar-refractivity contribution is -0.384. The molecule has 0 radical (unpaired) electrons. The van der Waals surface area contributed by atoms with E-state index in [1.165, 1.54) is 24.3 Å². The van der Waals surface area contributed by atoms with Crippen LogP contribution in [0.4, 0.5) is 10.1 Å². The topological polar surface area (TPSA) is 52.4 Å². The number of halogens is 2. The van der Waals surface area contributed by atoms with E-state index in [0.717, 1.165) is 0 Å². The Morgan fingerprint density at radius 1 is 1.26 bits per heavy atom. The molecule has 0 aliphatic rings. The number of benzene rings is 2. The molecule has 0 unspecified atom stereocenters. The number of nitro groups is 1. The van der Waals surface area contributed by atoms with Crippen LogP contribution in [0.15, 0.2) is 40.9 Å². The van der Waals surface area contributed by atoms with Crippen molar-refractivity contribution in [1.29, 1.82) is 0 Å². The molecule has 4 nitrogen and oxygen atoms in total. The van der Waals surface area contributed by atoms with Crippen LogP contribution in [0.25, 0.3) is 0 Å². The maximum atomic E-state index is 13.4. The van der Waals surface area contributed by atoms with Gasteiger partial charge in [0.25, 0.3) is 5.69 Å². The van der Waals surface area contributed by atoms with Gasteiger partial charge in [-0.2, -0.15) is 0 Å². The number of rotatable bonds is 3. The number of nitro benzene ring substituents is 1. The summed E-state index contributed by atoms with van der Waals surface area (Å²) in [6.45, 7) is 1.65. The molecule has 2 aromatic carbocycles. The summed E-state index contributed by atoms with van der Waals surface area (Å²) in [6, 6.07) is 8.61. The zero-order valence-corrected chi connectivity index (χ0v) is 11.5. The second-order valence-corrected chi connectivity index (χ2v) is 4.74. The van der Waals surface area contributed by atoms with Crippen molar-refractivity contribution in [2.45, 2.75) is 6.92 Å². The van der Waals surface area contributed by atoms with Gasteiger partial charge in [-0.15, -0.1) is 0 Å². The van der Waals surface area contributed by atoms with Crippen LogP contribution in [0.2, 0.25) is 0 Å². The van der Waals surface area contributed by atoms with Gasteiger partial charge in [-0.1, -0.05) is 6.07 Å². The zero-order chi connectivity index (χ0) is 14.0. The fraction of sp³-hybridized carbons (Fsp3) is 0.0769. The SMILES string of the molecule is Cc1ccc(Oc2ccc([N+](=O)[O-])cc2Br)cc1F. The first-order valence-electron chi connectivity index (χ1n) is 5.35. The van der Waals surface area contributed by atoms with Crippen molar-refractivity contribution in [1.82, 2.24) is 0 Å². The number of aryl methyl sites for hydroxylation is 1. The summed E-state index contributed by atoms with van der Waals surface area (Å²) < 4.78 is 19.3. The molecule has 0 atom stereocenters. The van der Waals surface area contributed by atoms with Gasteiger partial charge in [-0.05, 0) is 40.5 Å². The molecule has 2 aromatic rings. The maximum absolute atomic E-state index is 13.4. The van der Waals surface area contributed by atoms with Crippen LogP contribution in [-0.4, -0.2) is 4.92 Å². The highest BCUT2D eigenvalue weighted by Crippen LogP contribution is 2.33. The highest BCUT2D eigenvalue weighted by molar-refractivity contribution is 9.10. The maximum Gasteiger partial charge on any atom is 0.270 e. The third-order valence-electron chi connectivity index (χ3n) is 2.50. The molecular formula is C13H9BrFNO3. The Kier molecular flexibility index (Phi) is 3.80. The molecule has 98 valence electrons. The third-order valence-corrected chi connectivity index (χ3v) is 3.12. The van der Waals surface area contributed by atoms with Gasteiger partial charge in [-0.25, -0.2) is 4.39 Å². The summed E-state index contributed by atoms with van der Waals surface area (Å²) >= 11 is 3.18. The van der Waals surface area contributed by atoms with Gasteiger partial charge in [0.05, 0.1) is 9.40 Å². The molecule has 0 amide bonds. The quantitative estimate of drug-likeness (QED) is 0.612. The van der Waals surface area contributed by atoms with Crippen LogP contribution in [0, 0.1) is 22.9 Å². The highest BCUT2D eigenvalue weighted by atomic mass is 79.9. The molecule has 0 heterocycles. The molecule has 0 N–H and O–H groups in total. The standard InChI is InChI=1S/C13H9BrFNO3/c1-8-2-4-10(7-12(8)15)19-13-5-3-9(16(17)18)6-11(13)14/h2-7H,1H3. The van der Waals surface area contributed by atoms with Crippen LogP contribution in [-0.2, 0) is 0 Å². The van der Waals surface area contributed by atoms with E-state index in [1.807, 2.05) is 0 Å². The first kappa shape index (κ1) is 13.5. The zero-order valence-electron chi connectivity index (χ0n) is 9.89. The average molecular weight is 326 g/mol. The van der Waals surface area contributed by atoms with Crippen molar-refractivity contribution >= 4 is 21.6 Å². The predicted molar refractivity (Wildman–Crippen MR) is 72.0 cm³/mol. The first-order chi connectivity index (χ1) is 8.97. The molecular weight excluding hydrogens is 317 g/mol. The Morgan fingerprint density at radius 3 is 2.58 bits per heavy atom. The Labute approximate surface area is 117 Å². The molecule has 2 rings (SSSR count). The summed E-state index contributed by atoms with van der Waals surface area (Å²) in [6.07, 6.45) is 0. The summed E-state index contributed by atoms with van der Waals surface area (Å²) in [5.74, 6) is 0.349. The first-order valence-corrected chi connectivity index (χ1v) is 6.14. The van der Waals surface area contributed by atoms with Crippen LogP contribution < -0.4 is 4.74 Å². The van der Waals surface area contributed by atoms with Gasteiger partial charge in [0, 0.05) is 18.2 Å². The molecule has 0 aromatic heterocycles. The number of ether oxygens (including phenoxy) is 1. The fourth-order valence-electron chi connectivity index (χ4n) is 1.45. The summed E-state index contributed by atoms with van der Waals surface area (Å²) in [5, 5.41) is 10.6. The lowest BCUT2D eigenvalue weighted by Crippen LogP contribution is -1.91. The Hall–Kier alpha value is -1.95. The van der Waals surface area contributed by atoms with Crippen molar-refractivity contribution in [2.75, 3.05) is 0 Å². The highest BCUT2D eigenvalue weighted by Gasteiger charge is 2.11. The molecule has 0 fully saturated rings. The second kappa shape index (κ2) is 5.36. The van der Waals surface area contributed by atoms with Gasteiger partial charge in [-0.3, -0.25) is 10.1 Å². The fourth-order valence-corrected chi connectivity index (χ4v) is 1.90. The second-order valence-electron chi connectivity index (χ2n) is 3.88. The normalized spacial score (nSPS) is 10.3. The lowest BCUT2D eigenvalue weighted by atomic mass is 10.2. The van der Waals surface area contributed by atoms with E-state index in [4.69, 9.17) is 4.74 Å². The van der Waals surface area contributed by atoms with Crippen molar-refractivity contribution in [3.05, 3.63) is 62.4 Å². The molecule has 0 aliphatic carbocycles. The molecule has 0 bridgehead atoms. The molecule has 6 heteroatoms. The number of non-ortho nitro benzene ring substituents is 1. The summed E-state index contributed by atoms with van der Waals surface area (Å²) in [5.41, 5.74) is 0.476. The smallest absolute Gasteiger partial charge is 0.270 e. The van der Waals surface area contributed by atoms with Crippen LogP contribution in [0.5, 0.6) is 11.5 Å². The van der Waals surface area contributed by atoms with Gasteiger partial charge in [0.1, 0.15) is 17.3 Å². The average Bonchev–Trinajstić information content (AvgIpc) is 2.36. The Morgan fingerprint density at radius 2 is 2.00 bits per heavy atom. The van der Waals surface area contributed by atoms with E-state index in [0.29, 0.717) is 21.5 Å². The third kappa shape index (κ3) is 3.08. The van der Waals surface area contributed by atoms with Crippen molar-refractivity contribution in [3.63, 3.8) is 0 Å². The van der Waals surface area contributed by atoms with Crippen LogP contribution in [0.3, 0.4) is 0 Å². The minimum absolute atomic E-state index is 0.0469. The number of hydrogen-bond acceptors (Lipinski definition) is 3. The molecule has 0 aliphatic heterocycles. The van der Waals surface area contributed by atoms with Crippen molar-refractivity contribution in [3.8, 4) is 11.5 Å². The lowest BCUT2D eigenvalue weighted by Gasteiger charge is -2.08. The summed E-state index contributed by atoms with van der Waals surface area (Å²) in [7, 11) is 0. The molecule has 19 heavy (non-hydrogen) atoms. The van der Waals surface area contributed by atoms with E-state index < -0.39 is 4.92 Å². The van der Waals surface area contributed by atoms with Crippen LogP contribution >= 0.6 is 15.9 Å². The molecule has 0 saturated carbocycles. The molecule has 0 spiro atoms. The van der Waals surface area contributed by atoms with E-state index in [1.54, 1.807) is 19.1 Å². The van der Waals surface area contributed by atoms with E-state index in [-0.39, 0.29) is 11.5 Å². The van der Waals surface area contributed by atoms with Crippen molar-refractivity contribution in [2.24, 2.45) is 0 Å². The van der Waals surface area contributed by atoms with Gasteiger partial charge < -0.3 is 4.74 Å². The Bertz CT molecular complexity index is 646. The minimum Gasteiger partial charge on any atom is -0.456 e. The number of nitrogens with zero attached hydrogens (tertiary/aromatic N) is 1. The van der Waals surface area contributed by atoms with E-state index in [2.05, 4.69) is 15.9 Å². The van der Waals surface area contributed by atoms with Crippen LogP contribution in [0.1, 0.15) is 5.56 Å². The van der Waals surface area contributed by atoms with E-state index in [9.17, 15) is 14.5 Å². The van der Waals surface area contributed by atoms with E-state index >= 15 is 0 Å². The predicted octanol–water partition coefficient (Wildman–Crippen LogP) is 4.60. The molecule has 0 saturated heterocycles. The van der Waals surface area contributed by atoms with Crippen molar-refractivity contribution < 1.29 is 14.1 Å². The minimum atomic E-state index is -0.500. The number of hydrogen-bond donors (Lipinski definition) is 0. The largest absolute Gasteiger partial charge is 0.456 e.